The molecule has 1 aliphatic rings. The van der Waals surface area contributed by atoms with Crippen LogP contribution in [0.3, 0.4) is 0 Å². The molecule has 140 valence electrons. The molecule has 0 radical (unpaired) electrons. The predicted molar refractivity (Wildman–Crippen MR) is 105 cm³/mol. The molecule has 5 heteroatoms. The highest BCUT2D eigenvalue weighted by atomic mass is 16.6. The van der Waals surface area contributed by atoms with Gasteiger partial charge in [0.1, 0.15) is 12.7 Å². The number of benzene rings is 2. The van der Waals surface area contributed by atoms with Crippen molar-refractivity contribution in [3.05, 3.63) is 72.8 Å². The summed E-state index contributed by atoms with van der Waals surface area (Å²) in [6.07, 6.45) is 6.72. The molecule has 0 N–H and O–H groups in total. The maximum atomic E-state index is 6.14. The molecular formula is C22H25N3O2. The lowest BCUT2D eigenvalue weighted by atomic mass is 10.1. The van der Waals surface area contributed by atoms with E-state index in [0.29, 0.717) is 6.61 Å². The molecule has 0 fully saturated rings. The first-order valence-corrected chi connectivity index (χ1v) is 9.50. The van der Waals surface area contributed by atoms with Crippen molar-refractivity contribution < 1.29 is 9.47 Å². The Hall–Kier alpha value is -2.79. The zero-order chi connectivity index (χ0) is 18.5. The van der Waals surface area contributed by atoms with Crippen molar-refractivity contribution in [2.24, 2.45) is 0 Å². The Labute approximate surface area is 160 Å². The van der Waals surface area contributed by atoms with Crippen LogP contribution in [-0.2, 0) is 6.54 Å². The van der Waals surface area contributed by atoms with E-state index >= 15 is 0 Å². The third kappa shape index (κ3) is 4.31. The summed E-state index contributed by atoms with van der Waals surface area (Å²) in [5, 5.41) is 0. The largest absolute Gasteiger partial charge is 0.486 e. The van der Waals surface area contributed by atoms with Crippen molar-refractivity contribution >= 4 is 0 Å². The summed E-state index contributed by atoms with van der Waals surface area (Å²) in [5.41, 5.74) is 2.42. The SMILES string of the molecule is CCCN(Cc1ccc(-n2ccnc2)cc1)CC1COc2ccccc2O1. The molecule has 27 heavy (non-hydrogen) atoms. The van der Waals surface area contributed by atoms with E-state index in [1.807, 2.05) is 41.4 Å². The number of nitrogens with zero attached hydrogens (tertiary/aromatic N) is 3. The molecule has 1 aliphatic heterocycles. The molecule has 2 heterocycles. The van der Waals surface area contributed by atoms with Gasteiger partial charge in [0, 0.05) is 31.2 Å². The lowest BCUT2D eigenvalue weighted by molar-refractivity contribution is 0.0564. The number of aromatic nitrogens is 2. The first kappa shape index (κ1) is 17.6. The smallest absolute Gasteiger partial charge is 0.161 e. The zero-order valence-electron chi connectivity index (χ0n) is 15.6. The van der Waals surface area contributed by atoms with Crippen molar-refractivity contribution in [1.82, 2.24) is 14.5 Å². The number of imidazole rings is 1. The highest BCUT2D eigenvalue weighted by Gasteiger charge is 2.23. The third-order valence-electron chi connectivity index (χ3n) is 4.71. The van der Waals surface area contributed by atoms with E-state index in [1.165, 1.54) is 5.56 Å². The minimum Gasteiger partial charge on any atom is -0.486 e. The first-order valence-electron chi connectivity index (χ1n) is 9.50. The summed E-state index contributed by atoms with van der Waals surface area (Å²) in [4.78, 5) is 6.54. The molecule has 2 aromatic carbocycles. The second-order valence-electron chi connectivity index (χ2n) is 6.87. The van der Waals surface area contributed by atoms with Gasteiger partial charge >= 0.3 is 0 Å². The minimum atomic E-state index is 0.0525. The summed E-state index contributed by atoms with van der Waals surface area (Å²) < 4.78 is 14.0. The molecule has 0 amide bonds. The van der Waals surface area contributed by atoms with E-state index in [1.54, 1.807) is 6.20 Å². The van der Waals surface area contributed by atoms with Crippen molar-refractivity contribution in [3.63, 3.8) is 0 Å². The second kappa shape index (κ2) is 8.27. The fraction of sp³-hybridized carbons (Fsp3) is 0.318. The van der Waals surface area contributed by atoms with Gasteiger partial charge in [-0.25, -0.2) is 4.98 Å². The van der Waals surface area contributed by atoms with Crippen LogP contribution in [0.4, 0.5) is 0 Å². The molecule has 0 spiro atoms. The first-order chi connectivity index (χ1) is 13.3. The molecule has 4 rings (SSSR count). The number of hydrogen-bond acceptors (Lipinski definition) is 4. The number of rotatable bonds is 7. The molecule has 1 unspecified atom stereocenters. The van der Waals surface area contributed by atoms with Crippen LogP contribution in [0.25, 0.3) is 5.69 Å². The number of para-hydroxylation sites is 2. The van der Waals surface area contributed by atoms with Crippen LogP contribution in [-0.4, -0.2) is 40.3 Å². The van der Waals surface area contributed by atoms with Gasteiger partial charge in [0.25, 0.3) is 0 Å². The van der Waals surface area contributed by atoms with E-state index < -0.39 is 0 Å². The lowest BCUT2D eigenvalue weighted by Crippen LogP contribution is -2.41. The van der Waals surface area contributed by atoms with Gasteiger partial charge in [-0.05, 0) is 42.8 Å². The molecule has 1 atom stereocenters. The normalized spacial score (nSPS) is 15.9. The maximum absolute atomic E-state index is 6.14. The highest BCUT2D eigenvalue weighted by molar-refractivity contribution is 5.40. The topological polar surface area (TPSA) is 39.5 Å². The van der Waals surface area contributed by atoms with Crippen molar-refractivity contribution in [3.8, 4) is 17.2 Å². The Morgan fingerprint density at radius 2 is 1.93 bits per heavy atom. The van der Waals surface area contributed by atoms with Crippen LogP contribution in [0.5, 0.6) is 11.5 Å². The quantitative estimate of drug-likeness (QED) is 0.638. The summed E-state index contributed by atoms with van der Waals surface area (Å²) in [7, 11) is 0. The Morgan fingerprint density at radius 1 is 1.11 bits per heavy atom. The molecule has 3 aromatic rings. The van der Waals surface area contributed by atoms with Crippen LogP contribution in [0.15, 0.2) is 67.3 Å². The van der Waals surface area contributed by atoms with Crippen molar-refractivity contribution in [2.75, 3.05) is 19.7 Å². The predicted octanol–water partition coefficient (Wildman–Crippen LogP) is 3.92. The van der Waals surface area contributed by atoms with Crippen LogP contribution < -0.4 is 9.47 Å². The monoisotopic (exact) mass is 363 g/mol. The van der Waals surface area contributed by atoms with Crippen molar-refractivity contribution in [1.29, 1.82) is 0 Å². The van der Waals surface area contributed by atoms with Crippen molar-refractivity contribution in [2.45, 2.75) is 26.0 Å². The van der Waals surface area contributed by atoms with Crippen LogP contribution >= 0.6 is 0 Å². The fourth-order valence-electron chi connectivity index (χ4n) is 3.44. The van der Waals surface area contributed by atoms with E-state index in [-0.39, 0.29) is 6.10 Å². The number of ether oxygens (including phenoxy) is 2. The molecule has 0 aliphatic carbocycles. The van der Waals surface area contributed by atoms with Crippen LogP contribution in [0, 0.1) is 0 Å². The molecule has 0 saturated carbocycles. The average Bonchev–Trinajstić information content (AvgIpc) is 3.23. The van der Waals surface area contributed by atoms with E-state index in [2.05, 4.69) is 41.1 Å². The Kier molecular flexibility index (Phi) is 5.39. The standard InChI is InChI=1S/C22H25N3O2/c1-2-12-24(15-20-16-26-21-5-3-4-6-22(21)27-20)14-18-7-9-19(10-8-18)25-13-11-23-17-25/h3-11,13,17,20H,2,12,14-16H2,1H3. The third-order valence-corrected chi connectivity index (χ3v) is 4.71. The summed E-state index contributed by atoms with van der Waals surface area (Å²) in [6.45, 7) is 5.59. The molecule has 0 saturated heterocycles. The highest BCUT2D eigenvalue weighted by Crippen LogP contribution is 2.31. The number of fused-ring (bicyclic) bond motifs is 1. The van der Waals surface area contributed by atoms with Gasteiger partial charge in [0.15, 0.2) is 11.5 Å². The molecule has 5 nitrogen and oxygen atoms in total. The van der Waals surface area contributed by atoms with E-state index in [4.69, 9.17) is 9.47 Å². The number of hydrogen-bond donors (Lipinski definition) is 0. The molecule has 0 bridgehead atoms. The van der Waals surface area contributed by atoms with E-state index in [9.17, 15) is 0 Å². The maximum Gasteiger partial charge on any atom is 0.161 e. The molecule has 1 aromatic heterocycles. The van der Waals surface area contributed by atoms with Gasteiger partial charge in [0.2, 0.25) is 0 Å². The Morgan fingerprint density at radius 3 is 2.67 bits per heavy atom. The van der Waals surface area contributed by atoms with Gasteiger partial charge in [-0.15, -0.1) is 0 Å². The van der Waals surface area contributed by atoms with E-state index in [0.717, 1.165) is 43.2 Å². The van der Waals surface area contributed by atoms with Gasteiger partial charge < -0.3 is 14.0 Å². The average molecular weight is 363 g/mol. The molecular weight excluding hydrogens is 338 g/mol. The van der Waals surface area contributed by atoms with Crippen LogP contribution in [0.2, 0.25) is 0 Å². The zero-order valence-corrected chi connectivity index (χ0v) is 15.6. The van der Waals surface area contributed by atoms with Gasteiger partial charge in [-0.2, -0.15) is 0 Å². The summed E-state index contributed by atoms with van der Waals surface area (Å²) in [5.74, 6) is 1.68. The second-order valence-corrected chi connectivity index (χ2v) is 6.87. The summed E-state index contributed by atoms with van der Waals surface area (Å²) in [6, 6.07) is 16.5. The Balaban J connectivity index is 1.39. The van der Waals surface area contributed by atoms with Gasteiger partial charge in [-0.3, -0.25) is 4.90 Å². The summed E-state index contributed by atoms with van der Waals surface area (Å²) >= 11 is 0. The fourth-order valence-corrected chi connectivity index (χ4v) is 3.44. The van der Waals surface area contributed by atoms with Gasteiger partial charge in [0.05, 0.1) is 6.33 Å². The Bertz CT molecular complexity index is 846. The lowest BCUT2D eigenvalue weighted by Gasteiger charge is -2.31. The van der Waals surface area contributed by atoms with Gasteiger partial charge in [-0.1, -0.05) is 31.2 Å². The van der Waals surface area contributed by atoms with Crippen LogP contribution in [0.1, 0.15) is 18.9 Å². The minimum absolute atomic E-state index is 0.0525.